The van der Waals surface area contributed by atoms with E-state index < -0.39 is 0 Å². The molecule has 1 unspecified atom stereocenters. The first-order valence-corrected chi connectivity index (χ1v) is 7.32. The summed E-state index contributed by atoms with van der Waals surface area (Å²) >= 11 is 0. The quantitative estimate of drug-likeness (QED) is 0.734. The molecule has 0 aliphatic heterocycles. The number of unbranched alkanes of at least 4 members (excludes halogenated alkanes) is 1. The van der Waals surface area contributed by atoms with Crippen molar-refractivity contribution >= 4 is 11.6 Å². The Bertz CT molecular complexity index is 519. The Morgan fingerprint density at radius 1 is 1.17 bits per heavy atom. The second kappa shape index (κ2) is 6.58. The highest BCUT2D eigenvalue weighted by Gasteiger charge is 2.11. The van der Waals surface area contributed by atoms with Crippen LogP contribution in [0.2, 0.25) is 0 Å². The lowest BCUT2D eigenvalue weighted by Crippen LogP contribution is -2.27. The molecule has 0 N–H and O–H groups in total. The Labute approximate surface area is 111 Å². The fourth-order valence-corrected chi connectivity index (χ4v) is 2.80. The van der Waals surface area contributed by atoms with Gasteiger partial charge >= 0.3 is 0 Å². The molecule has 1 atom stereocenters. The van der Waals surface area contributed by atoms with E-state index in [0.29, 0.717) is 5.92 Å². The normalized spacial score (nSPS) is 15.8. The molecule has 1 aromatic carbocycles. The largest absolute Gasteiger partial charge is 0.0804 e. The van der Waals surface area contributed by atoms with Gasteiger partial charge < -0.3 is 0 Å². The zero-order chi connectivity index (χ0) is 12.8. The van der Waals surface area contributed by atoms with Crippen molar-refractivity contribution in [3.8, 4) is 0 Å². The molecule has 0 spiro atoms. The van der Waals surface area contributed by atoms with Crippen molar-refractivity contribution < 1.29 is 0 Å². The number of fused-ring (bicyclic) bond motifs is 1. The minimum atomic E-state index is 0.717. The molecule has 0 bridgehead atoms. The van der Waals surface area contributed by atoms with Crippen LogP contribution in [0.1, 0.15) is 46.0 Å². The first-order chi connectivity index (χ1) is 8.86. The van der Waals surface area contributed by atoms with Crippen molar-refractivity contribution in [2.45, 2.75) is 46.0 Å². The van der Waals surface area contributed by atoms with E-state index >= 15 is 0 Å². The maximum atomic E-state index is 2.37. The zero-order valence-corrected chi connectivity index (χ0v) is 11.7. The van der Waals surface area contributed by atoms with Crippen LogP contribution in [-0.4, -0.2) is 0 Å². The topological polar surface area (TPSA) is 0 Å². The summed E-state index contributed by atoms with van der Waals surface area (Å²) in [4.78, 5) is 0. The van der Waals surface area contributed by atoms with E-state index in [1.54, 1.807) is 5.57 Å². The van der Waals surface area contributed by atoms with Crippen LogP contribution in [0.5, 0.6) is 0 Å². The van der Waals surface area contributed by atoms with Gasteiger partial charge in [-0.2, -0.15) is 0 Å². The van der Waals surface area contributed by atoms with E-state index in [1.165, 1.54) is 36.1 Å². The van der Waals surface area contributed by atoms with Gasteiger partial charge in [-0.25, -0.2) is 0 Å². The molecule has 2 rings (SSSR count). The standard InChI is InChI=1S/C18H24/c1-3-5-10-15(4-2)17-13-8-6-11-16-12-7-9-14-18(16)17/h7-9,11-15H,3-6,10H2,1-2H3. The van der Waals surface area contributed by atoms with Crippen molar-refractivity contribution in [1.82, 2.24) is 0 Å². The highest BCUT2D eigenvalue weighted by atomic mass is 14.2. The van der Waals surface area contributed by atoms with Gasteiger partial charge in [0.2, 0.25) is 0 Å². The minimum Gasteiger partial charge on any atom is -0.0804 e. The van der Waals surface area contributed by atoms with Crippen molar-refractivity contribution in [2.24, 2.45) is 5.92 Å². The monoisotopic (exact) mass is 240 g/mol. The maximum Gasteiger partial charge on any atom is -0.0152 e. The van der Waals surface area contributed by atoms with Crippen LogP contribution in [-0.2, 0) is 0 Å². The summed E-state index contributed by atoms with van der Waals surface area (Å²) in [7, 11) is 0. The molecule has 1 aliphatic rings. The van der Waals surface area contributed by atoms with Crippen molar-refractivity contribution in [3.63, 3.8) is 0 Å². The lowest BCUT2D eigenvalue weighted by molar-refractivity contribution is 0.554. The third kappa shape index (κ3) is 2.93. The SMILES string of the molecule is CCCCC(CC)C1=c2ccccc2=CCC=C1. The molecule has 1 aromatic rings. The summed E-state index contributed by atoms with van der Waals surface area (Å²) in [5.41, 5.74) is 1.55. The van der Waals surface area contributed by atoms with Crippen LogP contribution < -0.4 is 10.4 Å². The van der Waals surface area contributed by atoms with E-state index in [9.17, 15) is 0 Å². The molecule has 0 saturated carbocycles. The van der Waals surface area contributed by atoms with Gasteiger partial charge in [0, 0.05) is 0 Å². The fraction of sp³-hybridized carbons (Fsp3) is 0.444. The molecular formula is C18H24. The molecule has 0 fully saturated rings. The van der Waals surface area contributed by atoms with Gasteiger partial charge in [-0.05, 0) is 41.2 Å². The van der Waals surface area contributed by atoms with Crippen LogP contribution in [0.15, 0.2) is 36.4 Å². The number of hydrogen-bond acceptors (Lipinski definition) is 0. The molecule has 1 aliphatic carbocycles. The summed E-state index contributed by atoms with van der Waals surface area (Å²) < 4.78 is 0. The molecular weight excluding hydrogens is 216 g/mol. The first-order valence-electron chi connectivity index (χ1n) is 7.32. The third-order valence-electron chi connectivity index (χ3n) is 3.88. The van der Waals surface area contributed by atoms with Crippen LogP contribution in [0.25, 0.3) is 11.6 Å². The van der Waals surface area contributed by atoms with Gasteiger partial charge in [0.05, 0.1) is 0 Å². The lowest BCUT2D eigenvalue weighted by Gasteiger charge is -2.16. The van der Waals surface area contributed by atoms with Gasteiger partial charge in [-0.1, -0.05) is 69.2 Å². The van der Waals surface area contributed by atoms with Gasteiger partial charge in [-0.3, -0.25) is 0 Å². The molecule has 0 radical (unpaired) electrons. The summed E-state index contributed by atoms with van der Waals surface area (Å²) in [5, 5.41) is 2.86. The average molecular weight is 240 g/mol. The minimum absolute atomic E-state index is 0.717. The van der Waals surface area contributed by atoms with E-state index in [4.69, 9.17) is 0 Å². The maximum absolute atomic E-state index is 2.37. The predicted molar refractivity (Wildman–Crippen MR) is 80.6 cm³/mol. The lowest BCUT2D eigenvalue weighted by atomic mass is 9.89. The third-order valence-corrected chi connectivity index (χ3v) is 3.88. The van der Waals surface area contributed by atoms with E-state index in [2.05, 4.69) is 56.3 Å². The molecule has 96 valence electrons. The first kappa shape index (κ1) is 13.1. The highest BCUT2D eigenvalue weighted by molar-refractivity contribution is 5.61. The van der Waals surface area contributed by atoms with Gasteiger partial charge in [0.15, 0.2) is 0 Å². The van der Waals surface area contributed by atoms with Crippen molar-refractivity contribution in [1.29, 1.82) is 0 Å². The van der Waals surface area contributed by atoms with Crippen LogP contribution >= 0.6 is 0 Å². The van der Waals surface area contributed by atoms with Crippen LogP contribution in [0.4, 0.5) is 0 Å². The fourth-order valence-electron chi connectivity index (χ4n) is 2.80. The molecule has 0 saturated heterocycles. The Balaban J connectivity index is 2.48. The summed E-state index contributed by atoms with van der Waals surface area (Å²) in [6.07, 6.45) is 13.3. The Kier molecular flexibility index (Phi) is 4.81. The zero-order valence-electron chi connectivity index (χ0n) is 11.7. The molecule has 0 aromatic heterocycles. The number of rotatable bonds is 5. The molecule has 0 amide bonds. The van der Waals surface area contributed by atoms with E-state index in [-0.39, 0.29) is 0 Å². The molecule has 18 heavy (non-hydrogen) atoms. The predicted octanol–water partition coefficient (Wildman–Crippen LogP) is 3.79. The Hall–Kier alpha value is -1.30. The summed E-state index contributed by atoms with van der Waals surface area (Å²) in [6, 6.07) is 8.84. The van der Waals surface area contributed by atoms with Gasteiger partial charge in [-0.15, -0.1) is 0 Å². The highest BCUT2D eigenvalue weighted by Crippen LogP contribution is 2.23. The average Bonchev–Trinajstić information content (AvgIpc) is 2.63. The molecule has 0 nitrogen and oxygen atoms in total. The number of hydrogen-bond donors (Lipinski definition) is 0. The smallest absolute Gasteiger partial charge is 0.0152 e. The molecule has 0 heterocycles. The molecule has 0 heteroatoms. The summed E-state index contributed by atoms with van der Waals surface area (Å²) in [6.45, 7) is 4.60. The van der Waals surface area contributed by atoms with E-state index in [1.807, 2.05) is 0 Å². The van der Waals surface area contributed by atoms with Crippen molar-refractivity contribution in [2.75, 3.05) is 0 Å². The van der Waals surface area contributed by atoms with Crippen LogP contribution in [0, 0.1) is 5.92 Å². The second-order valence-corrected chi connectivity index (χ2v) is 5.13. The van der Waals surface area contributed by atoms with Gasteiger partial charge in [0.1, 0.15) is 0 Å². The van der Waals surface area contributed by atoms with Gasteiger partial charge in [0.25, 0.3) is 0 Å². The Morgan fingerprint density at radius 2 is 2.00 bits per heavy atom. The summed E-state index contributed by atoms with van der Waals surface area (Å²) in [5.74, 6) is 0.717. The number of allylic oxidation sites excluding steroid dienone is 2. The van der Waals surface area contributed by atoms with E-state index in [0.717, 1.165) is 6.42 Å². The van der Waals surface area contributed by atoms with Crippen LogP contribution in [0.3, 0.4) is 0 Å². The number of benzene rings is 1. The second-order valence-electron chi connectivity index (χ2n) is 5.13. The Morgan fingerprint density at radius 3 is 2.78 bits per heavy atom. The van der Waals surface area contributed by atoms with Crippen molar-refractivity contribution in [3.05, 3.63) is 46.9 Å².